The summed E-state index contributed by atoms with van der Waals surface area (Å²) in [6.07, 6.45) is 21.0. The predicted molar refractivity (Wildman–Crippen MR) is 173 cm³/mol. The molecule has 0 bridgehead atoms. The van der Waals surface area contributed by atoms with Crippen molar-refractivity contribution in [2.45, 2.75) is 137 Å². The van der Waals surface area contributed by atoms with Gasteiger partial charge in [-0.1, -0.05) is 115 Å². The zero-order valence-corrected chi connectivity index (χ0v) is 26.9. The maximum atomic E-state index is 13.9. The molecule has 0 aromatic carbocycles. The minimum Gasteiger partial charge on any atom is -0.299 e. The van der Waals surface area contributed by atoms with Gasteiger partial charge >= 0.3 is 0 Å². The van der Waals surface area contributed by atoms with Crippen molar-refractivity contribution in [2.24, 2.45) is 52.8 Å². The van der Waals surface area contributed by atoms with Gasteiger partial charge in [-0.25, -0.2) is 0 Å². The van der Waals surface area contributed by atoms with E-state index in [4.69, 9.17) is 0 Å². The Morgan fingerprint density at radius 1 is 0.850 bits per heavy atom. The molecule has 0 heterocycles. The molecule has 4 rings (SSSR count). The Morgan fingerprint density at radius 3 is 2.05 bits per heavy atom. The Balaban J connectivity index is 1.34. The van der Waals surface area contributed by atoms with Crippen molar-refractivity contribution in [1.29, 1.82) is 0 Å². The zero-order valence-electron chi connectivity index (χ0n) is 26.9. The van der Waals surface area contributed by atoms with E-state index in [1.165, 1.54) is 100 Å². The Labute approximate surface area is 248 Å². The zero-order chi connectivity index (χ0) is 29.0. The molecule has 0 aromatic rings. The summed E-state index contributed by atoms with van der Waals surface area (Å²) < 4.78 is 0. The van der Waals surface area contributed by atoms with Gasteiger partial charge in [0.25, 0.3) is 0 Å². The lowest BCUT2D eigenvalue weighted by molar-refractivity contribution is -0.125. The van der Waals surface area contributed by atoms with E-state index >= 15 is 0 Å². The predicted octanol–water partition coefficient (Wildman–Crippen LogP) is 11.5. The van der Waals surface area contributed by atoms with Crippen molar-refractivity contribution in [3.05, 3.63) is 48.6 Å². The molecule has 40 heavy (non-hydrogen) atoms. The first-order valence-electron chi connectivity index (χ1n) is 17.2. The van der Waals surface area contributed by atoms with Crippen LogP contribution in [0.3, 0.4) is 0 Å². The minimum absolute atomic E-state index is 0.224. The molecule has 0 N–H and O–H groups in total. The van der Waals surface area contributed by atoms with Gasteiger partial charge in [0, 0.05) is 12.3 Å². The summed E-state index contributed by atoms with van der Waals surface area (Å²) in [6.45, 7) is 27.3. The molecule has 4 aliphatic carbocycles. The molecule has 4 fully saturated rings. The van der Waals surface area contributed by atoms with Crippen molar-refractivity contribution >= 4 is 5.78 Å². The van der Waals surface area contributed by atoms with Crippen LogP contribution >= 0.6 is 0 Å². The SMILES string of the molecule is C=C(C)C(=C)[C@H](CC(=C)C(C)[C@H]1C(CCC(=O)C(CC(=C)C2CCCC2)C2CCCCC2)C1(C)C)CC1CCC1. The number of carbonyl (C=O) groups excluding carboxylic acids is 1. The van der Waals surface area contributed by atoms with Crippen molar-refractivity contribution in [1.82, 2.24) is 0 Å². The van der Waals surface area contributed by atoms with Gasteiger partial charge in [-0.2, -0.15) is 0 Å². The molecule has 1 nitrogen and oxygen atoms in total. The van der Waals surface area contributed by atoms with Gasteiger partial charge in [0.1, 0.15) is 5.78 Å². The fourth-order valence-corrected chi connectivity index (χ4v) is 9.26. The number of carbonyl (C=O) groups is 1. The molecular weight excluding hydrogens is 484 g/mol. The summed E-state index contributed by atoms with van der Waals surface area (Å²) in [5, 5.41) is 0. The first-order valence-corrected chi connectivity index (χ1v) is 17.2. The summed E-state index contributed by atoms with van der Waals surface area (Å²) >= 11 is 0. The molecule has 0 saturated heterocycles. The van der Waals surface area contributed by atoms with Crippen LogP contribution in [0.15, 0.2) is 48.6 Å². The lowest BCUT2D eigenvalue weighted by Gasteiger charge is -2.32. The highest BCUT2D eigenvalue weighted by molar-refractivity contribution is 5.81. The highest BCUT2D eigenvalue weighted by Crippen LogP contribution is 2.65. The van der Waals surface area contributed by atoms with Gasteiger partial charge in [0.15, 0.2) is 0 Å². The number of hydrogen-bond acceptors (Lipinski definition) is 1. The van der Waals surface area contributed by atoms with E-state index < -0.39 is 0 Å². The molecule has 1 heteroatoms. The van der Waals surface area contributed by atoms with Crippen LogP contribution in [0.1, 0.15) is 137 Å². The molecule has 5 atom stereocenters. The molecule has 4 aliphatic rings. The number of rotatable bonds is 16. The number of Topliss-reactive ketones (excluding diaryl/α,β-unsaturated/α-hetero) is 1. The second-order valence-electron chi connectivity index (χ2n) is 15.5. The van der Waals surface area contributed by atoms with Crippen LogP contribution in [-0.2, 0) is 4.79 Å². The van der Waals surface area contributed by atoms with E-state index in [9.17, 15) is 4.79 Å². The summed E-state index contributed by atoms with van der Waals surface area (Å²) in [5.74, 6) is 5.15. The van der Waals surface area contributed by atoms with Crippen molar-refractivity contribution in [2.75, 3.05) is 0 Å². The van der Waals surface area contributed by atoms with Crippen LogP contribution in [0, 0.1) is 52.8 Å². The van der Waals surface area contributed by atoms with Gasteiger partial charge in [0.2, 0.25) is 0 Å². The Morgan fingerprint density at radius 2 is 1.48 bits per heavy atom. The second-order valence-corrected chi connectivity index (χ2v) is 15.5. The van der Waals surface area contributed by atoms with Crippen LogP contribution in [0.2, 0.25) is 0 Å². The van der Waals surface area contributed by atoms with Crippen LogP contribution in [0.25, 0.3) is 0 Å². The summed E-state index contributed by atoms with van der Waals surface area (Å²) in [7, 11) is 0. The quantitative estimate of drug-likeness (QED) is 0.139. The molecule has 0 amide bonds. The van der Waals surface area contributed by atoms with E-state index in [0.29, 0.717) is 46.7 Å². The molecule has 0 aliphatic heterocycles. The molecule has 0 radical (unpaired) electrons. The third-order valence-corrected chi connectivity index (χ3v) is 12.5. The molecule has 224 valence electrons. The summed E-state index contributed by atoms with van der Waals surface area (Å²) in [6, 6.07) is 0. The maximum Gasteiger partial charge on any atom is 0.136 e. The van der Waals surface area contributed by atoms with Crippen LogP contribution in [0.4, 0.5) is 0 Å². The number of ketones is 1. The van der Waals surface area contributed by atoms with E-state index in [0.717, 1.165) is 37.2 Å². The first kappa shape index (κ1) is 31.6. The second kappa shape index (κ2) is 13.7. The van der Waals surface area contributed by atoms with Crippen LogP contribution < -0.4 is 0 Å². The van der Waals surface area contributed by atoms with E-state index in [-0.39, 0.29) is 5.92 Å². The molecule has 0 spiro atoms. The van der Waals surface area contributed by atoms with Gasteiger partial charge in [-0.05, 0) is 111 Å². The molecule has 0 aromatic heterocycles. The monoisotopic (exact) mass is 546 g/mol. The van der Waals surface area contributed by atoms with E-state index in [1.54, 1.807) is 0 Å². The first-order chi connectivity index (χ1) is 19.0. The van der Waals surface area contributed by atoms with E-state index in [1.807, 2.05) is 0 Å². The number of allylic oxidation sites excluding steroid dienone is 4. The molecule has 4 saturated carbocycles. The standard InChI is InChI=1S/C39H62O/c1-26(2)29(5)34(25-31-15-14-16-31)23-27(3)30(6)38-36(39(38,7)8)21-22-37(40)35(33-19-10-9-11-20-33)24-28(4)32-17-12-13-18-32/h30-36,38H,1,3-5,9-25H2,2,6-8H3/t30?,34-,35?,36?,38+/m1/s1. The van der Waals surface area contributed by atoms with Gasteiger partial charge in [-0.15, -0.1) is 0 Å². The van der Waals surface area contributed by atoms with Crippen molar-refractivity contribution in [3.8, 4) is 0 Å². The fourth-order valence-electron chi connectivity index (χ4n) is 9.26. The Bertz CT molecular complexity index is 932. The lowest BCUT2D eigenvalue weighted by atomic mass is 9.73. The third kappa shape index (κ3) is 7.52. The fraction of sp³-hybridized carbons (Fsp3) is 0.769. The highest BCUT2D eigenvalue weighted by Gasteiger charge is 2.59. The normalized spacial score (nSPS) is 27.4. The third-order valence-electron chi connectivity index (χ3n) is 12.5. The average molecular weight is 547 g/mol. The lowest BCUT2D eigenvalue weighted by Crippen LogP contribution is -2.27. The van der Waals surface area contributed by atoms with Crippen LogP contribution in [-0.4, -0.2) is 5.78 Å². The van der Waals surface area contributed by atoms with Gasteiger partial charge < -0.3 is 0 Å². The Hall–Kier alpha value is -1.37. The molecule has 3 unspecified atom stereocenters. The average Bonchev–Trinajstić information content (AvgIpc) is 3.23. The largest absolute Gasteiger partial charge is 0.299 e. The number of hydrogen-bond donors (Lipinski definition) is 0. The topological polar surface area (TPSA) is 17.1 Å². The van der Waals surface area contributed by atoms with Crippen molar-refractivity contribution in [3.63, 3.8) is 0 Å². The maximum absolute atomic E-state index is 13.9. The van der Waals surface area contributed by atoms with Gasteiger partial charge in [0.05, 0.1) is 0 Å². The van der Waals surface area contributed by atoms with Crippen LogP contribution in [0.5, 0.6) is 0 Å². The Kier molecular flexibility index (Phi) is 10.8. The van der Waals surface area contributed by atoms with Crippen molar-refractivity contribution < 1.29 is 4.79 Å². The summed E-state index contributed by atoms with van der Waals surface area (Å²) in [4.78, 5) is 13.9. The molecular formula is C39H62O. The highest BCUT2D eigenvalue weighted by atomic mass is 16.1. The van der Waals surface area contributed by atoms with Gasteiger partial charge in [-0.3, -0.25) is 4.79 Å². The van der Waals surface area contributed by atoms with E-state index in [2.05, 4.69) is 54.0 Å². The minimum atomic E-state index is 0.224. The summed E-state index contributed by atoms with van der Waals surface area (Å²) in [5.41, 5.74) is 5.46. The smallest absolute Gasteiger partial charge is 0.136 e.